The molecule has 134 valence electrons. The van der Waals surface area contributed by atoms with Gasteiger partial charge in [0.25, 0.3) is 0 Å². The van der Waals surface area contributed by atoms with E-state index in [9.17, 15) is 4.79 Å². The Morgan fingerprint density at radius 3 is 2.40 bits per heavy atom. The molecule has 1 aromatic heterocycles. The Morgan fingerprint density at radius 2 is 1.84 bits per heavy atom. The highest BCUT2D eigenvalue weighted by molar-refractivity contribution is 5.74. The fourth-order valence-electron chi connectivity index (χ4n) is 3.43. The van der Waals surface area contributed by atoms with Crippen LogP contribution in [0, 0.1) is 20.8 Å². The van der Waals surface area contributed by atoms with Gasteiger partial charge in [-0.05, 0) is 46.1 Å². The molecule has 0 bridgehead atoms. The lowest BCUT2D eigenvalue weighted by atomic mass is 9.97. The van der Waals surface area contributed by atoms with E-state index in [0.717, 1.165) is 18.4 Å². The van der Waals surface area contributed by atoms with Gasteiger partial charge in [0.2, 0.25) is 5.89 Å². The zero-order chi connectivity index (χ0) is 18.0. The number of amides is 2. The summed E-state index contributed by atoms with van der Waals surface area (Å²) in [5.41, 5.74) is 3.57. The molecule has 2 amide bonds. The molecule has 6 nitrogen and oxygen atoms in total. The number of hydrogen-bond acceptors (Lipinski definition) is 4. The molecule has 0 unspecified atom stereocenters. The first-order valence-corrected chi connectivity index (χ1v) is 8.86. The van der Waals surface area contributed by atoms with Gasteiger partial charge in [-0.3, -0.25) is 0 Å². The Balaban J connectivity index is 1.55. The van der Waals surface area contributed by atoms with E-state index in [1.807, 2.05) is 18.7 Å². The van der Waals surface area contributed by atoms with Crippen molar-refractivity contribution in [2.75, 3.05) is 13.1 Å². The first-order valence-electron chi connectivity index (χ1n) is 8.86. The highest BCUT2D eigenvalue weighted by atomic mass is 16.5. The number of benzene rings is 1. The third kappa shape index (κ3) is 4.18. The van der Waals surface area contributed by atoms with Crippen molar-refractivity contribution in [1.82, 2.24) is 20.4 Å². The van der Waals surface area contributed by atoms with Gasteiger partial charge < -0.3 is 14.7 Å². The minimum atomic E-state index is -0.0117. The van der Waals surface area contributed by atoms with E-state index in [0.29, 0.717) is 24.8 Å². The number of carbonyl (C=O) groups is 1. The van der Waals surface area contributed by atoms with Gasteiger partial charge in [0.1, 0.15) is 0 Å². The van der Waals surface area contributed by atoms with E-state index in [2.05, 4.69) is 47.5 Å². The quantitative estimate of drug-likeness (QED) is 0.924. The van der Waals surface area contributed by atoms with Crippen LogP contribution in [0.15, 0.2) is 22.7 Å². The maximum Gasteiger partial charge on any atom is 0.317 e. The molecule has 0 radical (unpaired) electrons. The number of aryl methyl sites for hydroxylation is 3. The van der Waals surface area contributed by atoms with Crippen LogP contribution in [0.5, 0.6) is 0 Å². The first kappa shape index (κ1) is 17.5. The Kier molecular flexibility index (Phi) is 5.06. The summed E-state index contributed by atoms with van der Waals surface area (Å²) >= 11 is 0. The number of piperidine rings is 1. The molecule has 1 N–H and O–H groups in total. The highest BCUT2D eigenvalue weighted by Crippen LogP contribution is 2.27. The Morgan fingerprint density at radius 1 is 1.20 bits per heavy atom. The molecular weight excluding hydrogens is 316 g/mol. The predicted molar refractivity (Wildman–Crippen MR) is 95.4 cm³/mol. The topological polar surface area (TPSA) is 71.3 Å². The molecule has 3 rings (SSSR count). The van der Waals surface area contributed by atoms with Gasteiger partial charge in [0, 0.05) is 19.0 Å². The number of rotatable bonds is 3. The molecule has 1 atom stereocenters. The third-order valence-corrected chi connectivity index (χ3v) is 4.76. The molecule has 2 aromatic rings. The van der Waals surface area contributed by atoms with Crippen molar-refractivity contribution in [3.8, 4) is 0 Å². The number of nitrogens with zero attached hydrogens (tertiary/aromatic N) is 3. The number of urea groups is 1. The molecule has 6 heteroatoms. The maximum absolute atomic E-state index is 12.6. The maximum atomic E-state index is 12.6. The minimum absolute atomic E-state index is 0.00758. The average Bonchev–Trinajstić information content (AvgIpc) is 3.00. The van der Waals surface area contributed by atoms with Crippen molar-refractivity contribution in [3.63, 3.8) is 0 Å². The Labute approximate surface area is 148 Å². The van der Waals surface area contributed by atoms with E-state index >= 15 is 0 Å². The fourth-order valence-corrected chi connectivity index (χ4v) is 3.43. The van der Waals surface area contributed by atoms with Crippen molar-refractivity contribution < 1.29 is 9.32 Å². The lowest BCUT2D eigenvalue weighted by Crippen LogP contribution is -2.44. The second-order valence-electron chi connectivity index (χ2n) is 7.03. The fraction of sp³-hybridized carbons (Fsp3) is 0.526. The van der Waals surface area contributed by atoms with Crippen LogP contribution < -0.4 is 5.32 Å². The number of nitrogens with one attached hydrogen (secondary N) is 1. The Bertz CT molecular complexity index is 727. The van der Waals surface area contributed by atoms with Crippen LogP contribution in [0.3, 0.4) is 0 Å². The van der Waals surface area contributed by atoms with Crippen LogP contribution in [0.25, 0.3) is 0 Å². The third-order valence-electron chi connectivity index (χ3n) is 4.76. The van der Waals surface area contributed by atoms with Gasteiger partial charge in [-0.15, -0.1) is 0 Å². The summed E-state index contributed by atoms with van der Waals surface area (Å²) in [5.74, 6) is 1.61. The average molecular weight is 342 g/mol. The predicted octanol–water partition coefficient (Wildman–Crippen LogP) is 3.65. The van der Waals surface area contributed by atoms with Crippen molar-refractivity contribution in [2.45, 2.75) is 52.5 Å². The molecular formula is C19H26N4O2. The summed E-state index contributed by atoms with van der Waals surface area (Å²) in [6.07, 6.45) is 1.71. The molecule has 1 fully saturated rings. The largest absolute Gasteiger partial charge is 0.339 e. The van der Waals surface area contributed by atoms with E-state index in [1.165, 1.54) is 11.1 Å². The molecule has 1 aliphatic rings. The molecule has 1 saturated heterocycles. The molecule has 25 heavy (non-hydrogen) atoms. The first-order chi connectivity index (χ1) is 11.9. The van der Waals surface area contributed by atoms with Crippen LogP contribution in [-0.4, -0.2) is 34.2 Å². The number of likely N-dealkylation sites (tertiary alicyclic amines) is 1. The van der Waals surface area contributed by atoms with Gasteiger partial charge in [-0.1, -0.05) is 34.5 Å². The normalized spacial score (nSPS) is 16.7. The van der Waals surface area contributed by atoms with Crippen LogP contribution in [-0.2, 0) is 0 Å². The second-order valence-corrected chi connectivity index (χ2v) is 7.03. The molecule has 0 spiro atoms. The zero-order valence-corrected chi connectivity index (χ0v) is 15.4. The summed E-state index contributed by atoms with van der Waals surface area (Å²) in [6.45, 7) is 9.42. The Hall–Kier alpha value is -2.37. The van der Waals surface area contributed by atoms with E-state index < -0.39 is 0 Å². The van der Waals surface area contributed by atoms with E-state index in [-0.39, 0.29) is 18.0 Å². The molecule has 0 aliphatic carbocycles. The summed E-state index contributed by atoms with van der Waals surface area (Å²) in [6, 6.07) is 6.38. The monoisotopic (exact) mass is 342 g/mol. The number of aromatic nitrogens is 2. The van der Waals surface area contributed by atoms with E-state index in [4.69, 9.17) is 4.52 Å². The zero-order valence-electron chi connectivity index (χ0n) is 15.4. The summed E-state index contributed by atoms with van der Waals surface area (Å²) in [7, 11) is 0. The highest BCUT2D eigenvalue weighted by Gasteiger charge is 2.27. The number of hydrogen-bond donors (Lipinski definition) is 1. The van der Waals surface area contributed by atoms with Crippen molar-refractivity contribution in [2.24, 2.45) is 0 Å². The van der Waals surface area contributed by atoms with Crippen molar-refractivity contribution >= 4 is 6.03 Å². The van der Waals surface area contributed by atoms with Gasteiger partial charge in [-0.2, -0.15) is 4.98 Å². The lowest BCUT2D eigenvalue weighted by Gasteiger charge is -2.31. The molecule has 2 heterocycles. The van der Waals surface area contributed by atoms with Crippen molar-refractivity contribution in [1.29, 1.82) is 0 Å². The van der Waals surface area contributed by atoms with Gasteiger partial charge >= 0.3 is 6.03 Å². The molecule has 1 aromatic carbocycles. The van der Waals surface area contributed by atoms with Crippen LogP contribution >= 0.6 is 0 Å². The molecule has 1 aliphatic heterocycles. The SMILES string of the molecule is Cc1cc(C)cc([C@H](C)NC(=O)N2CCC(c3nc(C)no3)CC2)c1. The standard InChI is InChI=1S/C19H26N4O2/c1-12-9-13(2)11-17(10-12)14(3)20-19(24)23-7-5-16(6-8-23)18-21-15(4)22-25-18/h9-11,14,16H,5-8H2,1-4H3,(H,20,24)/t14-/m0/s1. The van der Waals surface area contributed by atoms with Crippen molar-refractivity contribution in [3.05, 3.63) is 46.6 Å². The summed E-state index contributed by atoms with van der Waals surface area (Å²) in [5, 5.41) is 6.97. The van der Waals surface area contributed by atoms with Gasteiger partial charge in [0.05, 0.1) is 6.04 Å². The van der Waals surface area contributed by atoms with Gasteiger partial charge in [0.15, 0.2) is 5.82 Å². The van der Waals surface area contributed by atoms with E-state index in [1.54, 1.807) is 0 Å². The number of carbonyl (C=O) groups excluding carboxylic acids is 1. The minimum Gasteiger partial charge on any atom is -0.339 e. The van der Waals surface area contributed by atoms with Crippen LogP contribution in [0.2, 0.25) is 0 Å². The van der Waals surface area contributed by atoms with Crippen LogP contribution in [0.1, 0.15) is 60.1 Å². The van der Waals surface area contributed by atoms with Crippen LogP contribution in [0.4, 0.5) is 4.79 Å². The molecule has 0 saturated carbocycles. The summed E-state index contributed by atoms with van der Waals surface area (Å²) in [4.78, 5) is 18.7. The van der Waals surface area contributed by atoms with Gasteiger partial charge in [-0.25, -0.2) is 4.79 Å². The lowest BCUT2D eigenvalue weighted by molar-refractivity contribution is 0.172. The second kappa shape index (κ2) is 7.25. The smallest absolute Gasteiger partial charge is 0.317 e. The summed E-state index contributed by atoms with van der Waals surface area (Å²) < 4.78 is 5.26.